The van der Waals surface area contributed by atoms with Gasteiger partial charge in [0.15, 0.2) is 0 Å². The summed E-state index contributed by atoms with van der Waals surface area (Å²) in [5.41, 5.74) is 10.3. The molecule has 0 saturated heterocycles. The molecule has 0 unspecified atom stereocenters. The van der Waals surface area contributed by atoms with E-state index in [2.05, 4.69) is 157 Å². The molecular formula is C44H28N2. The van der Waals surface area contributed by atoms with E-state index in [9.17, 15) is 0 Å². The first-order valence-corrected chi connectivity index (χ1v) is 15.7. The Morgan fingerprint density at radius 2 is 1.00 bits per heavy atom. The zero-order valence-corrected chi connectivity index (χ0v) is 25.1. The number of nitrogens with zero attached hydrogens (tertiary/aromatic N) is 2. The van der Waals surface area contributed by atoms with Gasteiger partial charge in [0.2, 0.25) is 0 Å². The monoisotopic (exact) mass is 584 g/mol. The van der Waals surface area contributed by atoms with E-state index < -0.39 is 0 Å². The minimum absolute atomic E-state index is 0.979. The normalized spacial score (nSPS) is 11.5. The Morgan fingerprint density at radius 3 is 1.83 bits per heavy atom. The lowest BCUT2D eigenvalue weighted by Crippen LogP contribution is -1.92. The predicted molar refractivity (Wildman–Crippen MR) is 194 cm³/mol. The average molecular weight is 585 g/mol. The summed E-state index contributed by atoms with van der Waals surface area (Å²) < 4.78 is 0. The van der Waals surface area contributed by atoms with Gasteiger partial charge in [-0.05, 0) is 78.5 Å². The van der Waals surface area contributed by atoms with Gasteiger partial charge in [-0.25, -0.2) is 4.98 Å². The SMILES string of the molecule is c1ccc(-c2cc(-c3ccc(-c4ccc(-c5cccc6ccncc56)c5ccccc45)cc3)c3c(ccc4ccccc43)n2)cc1. The third-order valence-electron chi connectivity index (χ3n) is 9.17. The summed E-state index contributed by atoms with van der Waals surface area (Å²) in [6, 6.07) is 56.5. The van der Waals surface area contributed by atoms with Crippen molar-refractivity contribution in [2.45, 2.75) is 0 Å². The van der Waals surface area contributed by atoms with Gasteiger partial charge in [0.1, 0.15) is 0 Å². The van der Waals surface area contributed by atoms with Crippen LogP contribution in [0.2, 0.25) is 0 Å². The molecule has 0 aliphatic carbocycles. The molecular weight excluding hydrogens is 556 g/mol. The number of hydrogen-bond donors (Lipinski definition) is 0. The number of benzene rings is 7. The van der Waals surface area contributed by atoms with E-state index in [0.717, 1.165) is 16.8 Å². The number of aromatic nitrogens is 2. The fourth-order valence-electron chi connectivity index (χ4n) is 6.95. The van der Waals surface area contributed by atoms with Crippen LogP contribution < -0.4 is 0 Å². The van der Waals surface area contributed by atoms with Crippen LogP contribution in [-0.4, -0.2) is 9.97 Å². The van der Waals surface area contributed by atoms with E-state index in [1.165, 1.54) is 71.1 Å². The van der Waals surface area contributed by atoms with Crippen molar-refractivity contribution in [2.75, 3.05) is 0 Å². The van der Waals surface area contributed by atoms with Crippen molar-refractivity contribution in [3.8, 4) is 44.6 Å². The lowest BCUT2D eigenvalue weighted by Gasteiger charge is -2.15. The fourth-order valence-corrected chi connectivity index (χ4v) is 6.95. The summed E-state index contributed by atoms with van der Waals surface area (Å²) in [6.07, 6.45) is 3.83. The van der Waals surface area contributed by atoms with Crippen LogP contribution in [0.5, 0.6) is 0 Å². The number of fused-ring (bicyclic) bond motifs is 5. The Labute approximate surface area is 267 Å². The predicted octanol–water partition coefficient (Wildman–Crippen LogP) is 11.8. The molecule has 0 saturated carbocycles. The Bertz CT molecular complexity index is 2560. The molecule has 0 bridgehead atoms. The highest BCUT2D eigenvalue weighted by atomic mass is 14.7. The standard InChI is InChI=1S/C44H28N2/c1-2-10-33(11-3-1)43-27-40(44-35-13-5-4-9-29(35)21-24-42(44)46-43)32-19-17-31(18-20-32)34-22-23-39(37-15-7-6-14-36(34)37)38-16-8-12-30-25-26-45-28-41(30)38/h1-28H. The first kappa shape index (κ1) is 26.3. The van der Waals surface area contributed by atoms with Crippen LogP contribution in [0.15, 0.2) is 170 Å². The third kappa shape index (κ3) is 4.35. The van der Waals surface area contributed by atoms with Gasteiger partial charge in [0.25, 0.3) is 0 Å². The van der Waals surface area contributed by atoms with E-state index >= 15 is 0 Å². The maximum atomic E-state index is 5.13. The Morgan fingerprint density at radius 1 is 0.370 bits per heavy atom. The van der Waals surface area contributed by atoms with E-state index in [1.807, 2.05) is 18.5 Å². The molecule has 2 heteroatoms. The van der Waals surface area contributed by atoms with Crippen molar-refractivity contribution < 1.29 is 0 Å². The topological polar surface area (TPSA) is 25.8 Å². The Kier molecular flexibility index (Phi) is 6.17. The molecule has 0 atom stereocenters. The average Bonchev–Trinajstić information content (AvgIpc) is 3.14. The maximum Gasteiger partial charge on any atom is 0.0722 e. The van der Waals surface area contributed by atoms with E-state index in [-0.39, 0.29) is 0 Å². The zero-order chi connectivity index (χ0) is 30.5. The molecule has 0 radical (unpaired) electrons. The molecule has 0 amide bonds. The second-order valence-electron chi connectivity index (χ2n) is 11.8. The molecule has 2 heterocycles. The van der Waals surface area contributed by atoms with E-state index in [0.29, 0.717) is 0 Å². The van der Waals surface area contributed by atoms with Crippen LogP contribution in [0.4, 0.5) is 0 Å². The highest BCUT2D eigenvalue weighted by molar-refractivity contribution is 6.14. The molecule has 9 rings (SSSR count). The van der Waals surface area contributed by atoms with Crippen molar-refractivity contribution in [2.24, 2.45) is 0 Å². The third-order valence-corrected chi connectivity index (χ3v) is 9.17. The number of pyridine rings is 2. The number of hydrogen-bond acceptors (Lipinski definition) is 2. The zero-order valence-electron chi connectivity index (χ0n) is 25.1. The first-order chi connectivity index (χ1) is 22.8. The van der Waals surface area contributed by atoms with Gasteiger partial charge >= 0.3 is 0 Å². The first-order valence-electron chi connectivity index (χ1n) is 15.7. The highest BCUT2D eigenvalue weighted by Gasteiger charge is 2.15. The fraction of sp³-hybridized carbons (Fsp3) is 0. The van der Waals surface area contributed by atoms with Crippen LogP contribution in [0, 0.1) is 0 Å². The molecule has 0 aliphatic heterocycles. The van der Waals surface area contributed by atoms with Gasteiger partial charge in [-0.1, -0.05) is 140 Å². The minimum atomic E-state index is 0.979. The summed E-state index contributed by atoms with van der Waals surface area (Å²) in [4.78, 5) is 9.56. The van der Waals surface area contributed by atoms with Crippen LogP contribution in [0.25, 0.3) is 87.9 Å². The summed E-state index contributed by atoms with van der Waals surface area (Å²) >= 11 is 0. The lowest BCUT2D eigenvalue weighted by atomic mass is 9.89. The van der Waals surface area contributed by atoms with Gasteiger partial charge in [-0.3, -0.25) is 4.98 Å². The molecule has 0 N–H and O–H groups in total. The van der Waals surface area contributed by atoms with Crippen LogP contribution >= 0.6 is 0 Å². The molecule has 7 aromatic carbocycles. The van der Waals surface area contributed by atoms with Crippen molar-refractivity contribution in [3.05, 3.63) is 170 Å². The molecule has 9 aromatic rings. The van der Waals surface area contributed by atoms with Crippen molar-refractivity contribution in [3.63, 3.8) is 0 Å². The molecule has 214 valence electrons. The van der Waals surface area contributed by atoms with Crippen molar-refractivity contribution in [1.29, 1.82) is 0 Å². The van der Waals surface area contributed by atoms with Crippen LogP contribution in [0.3, 0.4) is 0 Å². The van der Waals surface area contributed by atoms with E-state index in [4.69, 9.17) is 4.98 Å². The second kappa shape index (κ2) is 10.8. The lowest BCUT2D eigenvalue weighted by molar-refractivity contribution is 1.36. The maximum absolute atomic E-state index is 5.13. The molecule has 46 heavy (non-hydrogen) atoms. The Balaban J connectivity index is 1.20. The van der Waals surface area contributed by atoms with Gasteiger partial charge in [-0.15, -0.1) is 0 Å². The van der Waals surface area contributed by atoms with Crippen LogP contribution in [-0.2, 0) is 0 Å². The second-order valence-corrected chi connectivity index (χ2v) is 11.8. The summed E-state index contributed by atoms with van der Waals surface area (Å²) in [5, 5.41) is 8.46. The molecule has 0 fully saturated rings. The smallest absolute Gasteiger partial charge is 0.0722 e. The quantitative estimate of drug-likeness (QED) is 0.192. The van der Waals surface area contributed by atoms with Crippen molar-refractivity contribution in [1.82, 2.24) is 9.97 Å². The van der Waals surface area contributed by atoms with Gasteiger partial charge in [0.05, 0.1) is 11.2 Å². The van der Waals surface area contributed by atoms with Crippen LogP contribution in [0.1, 0.15) is 0 Å². The van der Waals surface area contributed by atoms with Gasteiger partial charge in [-0.2, -0.15) is 0 Å². The highest BCUT2D eigenvalue weighted by Crippen LogP contribution is 2.40. The summed E-state index contributed by atoms with van der Waals surface area (Å²) in [5.74, 6) is 0. The largest absolute Gasteiger partial charge is 0.264 e. The Hall–Kier alpha value is -6.12. The summed E-state index contributed by atoms with van der Waals surface area (Å²) in [6.45, 7) is 0. The van der Waals surface area contributed by atoms with Gasteiger partial charge < -0.3 is 0 Å². The molecule has 2 aromatic heterocycles. The minimum Gasteiger partial charge on any atom is -0.264 e. The van der Waals surface area contributed by atoms with E-state index in [1.54, 1.807) is 0 Å². The molecule has 0 spiro atoms. The van der Waals surface area contributed by atoms with Crippen molar-refractivity contribution >= 4 is 43.2 Å². The molecule has 2 nitrogen and oxygen atoms in total. The number of rotatable bonds is 4. The summed E-state index contributed by atoms with van der Waals surface area (Å²) in [7, 11) is 0. The van der Waals surface area contributed by atoms with Gasteiger partial charge in [0, 0.05) is 28.7 Å². The molecule has 0 aliphatic rings.